The Bertz CT molecular complexity index is 1210. The van der Waals surface area contributed by atoms with Gasteiger partial charge in [0.2, 0.25) is 5.91 Å². The summed E-state index contributed by atoms with van der Waals surface area (Å²) in [7, 11) is 0. The zero-order valence-electron chi connectivity index (χ0n) is 18.7. The maximum Gasteiger partial charge on any atom is 0.408 e. The molecule has 0 radical (unpaired) electrons. The summed E-state index contributed by atoms with van der Waals surface area (Å²) in [6, 6.07) is 10.3. The minimum absolute atomic E-state index is 0.0844. The Hall–Kier alpha value is -3.75. The van der Waals surface area contributed by atoms with Gasteiger partial charge in [0.1, 0.15) is 30.1 Å². The van der Waals surface area contributed by atoms with Crippen LogP contribution in [0.25, 0.3) is 10.9 Å². The van der Waals surface area contributed by atoms with Crippen LogP contribution in [0.5, 0.6) is 0 Å². The number of hydrogen-bond acceptors (Lipinski definition) is 6. The number of nitrogens with one attached hydrogen (secondary N) is 3. The molecule has 0 bridgehead atoms. The molecule has 2 amide bonds. The molecule has 1 atom stereocenters. The lowest BCUT2D eigenvalue weighted by Gasteiger charge is -2.19. The van der Waals surface area contributed by atoms with Gasteiger partial charge in [-0.2, -0.15) is 0 Å². The van der Waals surface area contributed by atoms with Gasteiger partial charge in [-0.3, -0.25) is 4.79 Å². The topological polar surface area (TPSA) is 105 Å². The molecule has 2 aromatic carbocycles. The van der Waals surface area contributed by atoms with Crippen molar-refractivity contribution in [2.24, 2.45) is 0 Å². The summed E-state index contributed by atoms with van der Waals surface area (Å²) < 4.78 is 18.8. The third-order valence-corrected chi connectivity index (χ3v) is 5.15. The minimum Gasteiger partial charge on any atom is -0.444 e. The Morgan fingerprint density at radius 3 is 2.67 bits per heavy atom. The Balaban J connectivity index is 1.36. The second-order valence-corrected chi connectivity index (χ2v) is 9.02. The van der Waals surface area contributed by atoms with E-state index < -0.39 is 11.7 Å². The second kappa shape index (κ2) is 9.01. The number of fused-ring (bicyclic) bond motifs is 2. The van der Waals surface area contributed by atoms with Crippen molar-refractivity contribution in [1.29, 1.82) is 0 Å². The number of rotatable bonds is 5. The zero-order valence-corrected chi connectivity index (χ0v) is 18.7. The van der Waals surface area contributed by atoms with Crippen LogP contribution in [-0.2, 0) is 22.4 Å². The van der Waals surface area contributed by atoms with E-state index >= 15 is 0 Å². The molecule has 172 valence electrons. The van der Waals surface area contributed by atoms with E-state index in [-0.39, 0.29) is 24.3 Å². The predicted molar refractivity (Wildman–Crippen MR) is 124 cm³/mol. The van der Waals surface area contributed by atoms with Gasteiger partial charge >= 0.3 is 6.09 Å². The first kappa shape index (κ1) is 22.4. The van der Waals surface area contributed by atoms with E-state index in [9.17, 15) is 14.0 Å². The largest absolute Gasteiger partial charge is 0.444 e. The van der Waals surface area contributed by atoms with E-state index in [4.69, 9.17) is 4.74 Å². The highest BCUT2D eigenvalue weighted by Crippen LogP contribution is 2.29. The van der Waals surface area contributed by atoms with Gasteiger partial charge in [0.25, 0.3) is 0 Å². The van der Waals surface area contributed by atoms with Crippen molar-refractivity contribution in [3.8, 4) is 0 Å². The normalized spacial score (nSPS) is 15.1. The van der Waals surface area contributed by atoms with Crippen LogP contribution >= 0.6 is 0 Å². The molecule has 0 fully saturated rings. The SMILES string of the molecule is CC(C)(C)OC(=O)NCC(=O)Nc1ccc2c(c1)CC(Nc1ncnc3ccc(F)cc13)C2. The first-order chi connectivity index (χ1) is 15.7. The third-order valence-electron chi connectivity index (χ3n) is 5.15. The summed E-state index contributed by atoms with van der Waals surface area (Å²) in [4.78, 5) is 32.4. The van der Waals surface area contributed by atoms with Crippen LogP contribution in [0.2, 0.25) is 0 Å². The number of nitrogens with zero attached hydrogens (tertiary/aromatic N) is 2. The van der Waals surface area contributed by atoms with Crippen molar-refractivity contribution < 1.29 is 18.7 Å². The van der Waals surface area contributed by atoms with Crippen molar-refractivity contribution in [3.05, 3.63) is 59.7 Å². The molecule has 0 aliphatic heterocycles. The summed E-state index contributed by atoms with van der Waals surface area (Å²) in [5.74, 6) is -0.0846. The molecular formula is C24H26FN5O3. The molecule has 4 rings (SSSR count). The van der Waals surface area contributed by atoms with E-state index in [0.717, 1.165) is 18.4 Å². The number of amides is 2. The van der Waals surface area contributed by atoms with E-state index in [1.165, 1.54) is 24.0 Å². The van der Waals surface area contributed by atoms with Crippen LogP contribution < -0.4 is 16.0 Å². The molecule has 3 aromatic rings. The number of anilines is 2. The van der Waals surface area contributed by atoms with Crippen LogP contribution in [0, 0.1) is 5.82 Å². The van der Waals surface area contributed by atoms with Gasteiger partial charge in [-0.1, -0.05) is 6.07 Å². The van der Waals surface area contributed by atoms with Crippen molar-refractivity contribution in [1.82, 2.24) is 15.3 Å². The molecule has 33 heavy (non-hydrogen) atoms. The first-order valence-electron chi connectivity index (χ1n) is 10.7. The molecule has 1 aliphatic rings. The number of carbonyl (C=O) groups excluding carboxylic acids is 2. The van der Waals surface area contributed by atoms with Gasteiger partial charge in [0.15, 0.2) is 0 Å². The maximum absolute atomic E-state index is 13.7. The van der Waals surface area contributed by atoms with Crippen LogP contribution in [0.4, 0.5) is 20.7 Å². The van der Waals surface area contributed by atoms with Crippen LogP contribution in [-0.4, -0.2) is 40.2 Å². The fraction of sp³-hybridized carbons (Fsp3) is 0.333. The molecule has 3 N–H and O–H groups in total. The number of benzene rings is 2. The van der Waals surface area contributed by atoms with Crippen LogP contribution in [0.3, 0.4) is 0 Å². The van der Waals surface area contributed by atoms with Crippen molar-refractivity contribution in [2.75, 3.05) is 17.2 Å². The smallest absolute Gasteiger partial charge is 0.408 e. The summed E-state index contributed by atoms with van der Waals surface area (Å²) in [5, 5.41) is 9.28. The fourth-order valence-electron chi connectivity index (χ4n) is 3.81. The van der Waals surface area contributed by atoms with E-state index in [1.54, 1.807) is 26.8 Å². The number of ether oxygens (including phenoxy) is 1. The predicted octanol–water partition coefficient (Wildman–Crippen LogP) is 3.81. The second-order valence-electron chi connectivity index (χ2n) is 9.02. The quantitative estimate of drug-likeness (QED) is 0.545. The lowest BCUT2D eigenvalue weighted by Crippen LogP contribution is -2.37. The van der Waals surface area contributed by atoms with Gasteiger partial charge in [-0.25, -0.2) is 19.2 Å². The molecule has 0 saturated heterocycles. The van der Waals surface area contributed by atoms with Crippen LogP contribution in [0.15, 0.2) is 42.7 Å². The highest BCUT2D eigenvalue weighted by atomic mass is 19.1. The number of aromatic nitrogens is 2. The summed E-state index contributed by atoms with van der Waals surface area (Å²) in [5.41, 5.74) is 2.98. The molecule has 1 unspecified atom stereocenters. The van der Waals surface area contributed by atoms with Gasteiger partial charge in [-0.15, -0.1) is 0 Å². The minimum atomic E-state index is -0.641. The lowest BCUT2D eigenvalue weighted by molar-refractivity contribution is -0.115. The third kappa shape index (κ3) is 5.74. The van der Waals surface area contributed by atoms with E-state index in [2.05, 4.69) is 25.9 Å². The molecule has 9 heteroatoms. The number of hydrogen-bond donors (Lipinski definition) is 3. The van der Waals surface area contributed by atoms with Gasteiger partial charge in [0.05, 0.1) is 5.52 Å². The molecule has 0 saturated carbocycles. The molecule has 1 aromatic heterocycles. The average Bonchev–Trinajstić information content (AvgIpc) is 3.13. The molecule has 1 heterocycles. The first-order valence-corrected chi connectivity index (χ1v) is 10.7. The molecule has 8 nitrogen and oxygen atoms in total. The number of halogens is 1. The summed E-state index contributed by atoms with van der Waals surface area (Å²) in [6.45, 7) is 5.08. The fourth-order valence-corrected chi connectivity index (χ4v) is 3.81. The van der Waals surface area contributed by atoms with Gasteiger partial charge in [0, 0.05) is 17.1 Å². The Labute approximate surface area is 191 Å². The van der Waals surface area contributed by atoms with Crippen LogP contribution in [0.1, 0.15) is 31.9 Å². The molecular weight excluding hydrogens is 425 g/mol. The highest BCUT2D eigenvalue weighted by Gasteiger charge is 2.23. The van der Waals surface area contributed by atoms with E-state index in [0.29, 0.717) is 22.4 Å². The highest BCUT2D eigenvalue weighted by molar-refractivity contribution is 5.94. The standard InChI is InChI=1S/C24H26FN5O3/c1-24(2,3)33-23(32)26-12-21(31)29-17-6-4-14-8-18(10-15(14)9-17)30-22-19-11-16(25)5-7-20(19)27-13-28-22/h4-7,9,11,13,18H,8,10,12H2,1-3H3,(H,26,32)(H,29,31)(H,27,28,30). The number of alkyl carbamates (subject to hydrolysis) is 1. The Kier molecular flexibility index (Phi) is 6.13. The van der Waals surface area contributed by atoms with Gasteiger partial charge < -0.3 is 20.7 Å². The molecule has 0 spiro atoms. The molecule has 1 aliphatic carbocycles. The maximum atomic E-state index is 13.7. The Morgan fingerprint density at radius 1 is 1.09 bits per heavy atom. The zero-order chi connectivity index (χ0) is 23.6. The van der Waals surface area contributed by atoms with E-state index in [1.807, 2.05) is 18.2 Å². The average molecular weight is 452 g/mol. The van der Waals surface area contributed by atoms with Gasteiger partial charge in [-0.05, 0) is 75.1 Å². The monoisotopic (exact) mass is 451 g/mol. The van der Waals surface area contributed by atoms with Crippen molar-refractivity contribution in [2.45, 2.75) is 45.3 Å². The Morgan fingerprint density at radius 2 is 1.88 bits per heavy atom. The lowest BCUT2D eigenvalue weighted by atomic mass is 10.1. The summed E-state index contributed by atoms with van der Waals surface area (Å²) >= 11 is 0. The summed E-state index contributed by atoms with van der Waals surface area (Å²) in [6.07, 6.45) is 2.34. The van der Waals surface area contributed by atoms with Crippen molar-refractivity contribution in [3.63, 3.8) is 0 Å². The van der Waals surface area contributed by atoms with Crippen molar-refractivity contribution >= 4 is 34.4 Å². The number of carbonyl (C=O) groups is 2.